The van der Waals surface area contributed by atoms with E-state index >= 15 is 0 Å². The quantitative estimate of drug-likeness (QED) is 0.577. The zero-order chi connectivity index (χ0) is 11.7. The van der Waals surface area contributed by atoms with Crippen molar-refractivity contribution in [3.05, 3.63) is 0 Å². The molecule has 2 aliphatic rings. The van der Waals surface area contributed by atoms with Crippen LogP contribution in [0.15, 0.2) is 0 Å². The number of hydrogen-bond donors (Lipinski definition) is 0. The number of hydrogen-bond acceptors (Lipinski definition) is 0. The Kier molecular flexibility index (Phi) is 3.97. The van der Waals surface area contributed by atoms with E-state index in [1.807, 2.05) is 0 Å². The summed E-state index contributed by atoms with van der Waals surface area (Å²) in [6.07, 6.45) is 9.01. The minimum absolute atomic E-state index is 0.976. The van der Waals surface area contributed by atoms with Crippen LogP contribution >= 0.6 is 0 Å². The van der Waals surface area contributed by atoms with Gasteiger partial charge in [-0.15, -0.1) is 0 Å². The maximum absolute atomic E-state index is 2.52. The van der Waals surface area contributed by atoms with Crippen LogP contribution in [0.4, 0.5) is 0 Å². The Morgan fingerprint density at radius 1 is 0.625 bits per heavy atom. The van der Waals surface area contributed by atoms with E-state index in [4.69, 9.17) is 0 Å². The molecule has 0 heterocycles. The van der Waals surface area contributed by atoms with Crippen molar-refractivity contribution >= 4 is 0 Å². The third-order valence-corrected chi connectivity index (χ3v) is 5.47. The summed E-state index contributed by atoms with van der Waals surface area (Å²) in [6, 6.07) is 0. The van der Waals surface area contributed by atoms with Gasteiger partial charge in [-0.3, -0.25) is 0 Å². The Bertz CT molecular complexity index is 200. The van der Waals surface area contributed by atoms with Gasteiger partial charge >= 0.3 is 0 Å². The van der Waals surface area contributed by atoms with Crippen LogP contribution in [-0.2, 0) is 0 Å². The zero-order valence-corrected chi connectivity index (χ0v) is 11.7. The first-order chi connectivity index (χ1) is 7.58. The van der Waals surface area contributed by atoms with Crippen molar-refractivity contribution in [3.63, 3.8) is 0 Å². The van der Waals surface area contributed by atoms with Gasteiger partial charge < -0.3 is 0 Å². The van der Waals surface area contributed by atoms with Crippen LogP contribution in [0.3, 0.4) is 0 Å². The third-order valence-electron chi connectivity index (χ3n) is 5.47. The van der Waals surface area contributed by atoms with Crippen LogP contribution in [0.25, 0.3) is 0 Å². The molecule has 0 aromatic rings. The molecule has 0 spiro atoms. The van der Waals surface area contributed by atoms with Crippen molar-refractivity contribution in [2.75, 3.05) is 0 Å². The highest BCUT2D eigenvalue weighted by Crippen LogP contribution is 2.46. The highest BCUT2D eigenvalue weighted by molar-refractivity contribution is 4.87. The third kappa shape index (κ3) is 2.63. The van der Waals surface area contributed by atoms with E-state index in [2.05, 4.69) is 27.7 Å². The second-order valence-corrected chi connectivity index (χ2v) is 7.13. The molecule has 0 N–H and O–H groups in total. The topological polar surface area (TPSA) is 0 Å². The van der Waals surface area contributed by atoms with E-state index in [0.717, 1.165) is 35.5 Å². The molecule has 0 aliphatic heterocycles. The van der Waals surface area contributed by atoms with Crippen molar-refractivity contribution in [2.24, 2.45) is 35.5 Å². The lowest BCUT2D eigenvalue weighted by Crippen LogP contribution is -2.35. The molecule has 2 fully saturated rings. The predicted molar refractivity (Wildman–Crippen MR) is 71.3 cm³/mol. The molecular weight excluding hydrogens is 192 g/mol. The highest BCUT2D eigenvalue weighted by atomic mass is 14.4. The maximum Gasteiger partial charge on any atom is -0.0334 e. The standard InChI is InChI=1S/C16H30/c1-11-5-7-15(8-6-11)16-13(3)9-12(2)10-14(16)4/h11-16H,5-10H2,1-4H3. The average molecular weight is 222 g/mol. The van der Waals surface area contributed by atoms with Crippen LogP contribution in [-0.4, -0.2) is 0 Å². The summed E-state index contributed by atoms with van der Waals surface area (Å²) in [6.45, 7) is 9.93. The Morgan fingerprint density at radius 3 is 1.62 bits per heavy atom. The summed E-state index contributed by atoms with van der Waals surface area (Å²) in [5.41, 5.74) is 0. The van der Waals surface area contributed by atoms with Gasteiger partial charge in [-0.25, -0.2) is 0 Å². The number of rotatable bonds is 1. The van der Waals surface area contributed by atoms with Gasteiger partial charge in [0, 0.05) is 0 Å². The summed E-state index contributed by atoms with van der Waals surface area (Å²) in [5.74, 6) is 6.06. The minimum atomic E-state index is 0.976. The molecule has 0 nitrogen and oxygen atoms in total. The SMILES string of the molecule is CC1CCC(C2C(C)CC(C)CC2C)CC1. The van der Waals surface area contributed by atoms with Crippen LogP contribution < -0.4 is 0 Å². The summed E-state index contributed by atoms with van der Waals surface area (Å²) in [4.78, 5) is 0. The minimum Gasteiger partial charge on any atom is -0.0625 e. The average Bonchev–Trinajstić information content (AvgIpc) is 2.19. The van der Waals surface area contributed by atoms with Gasteiger partial charge in [0.25, 0.3) is 0 Å². The zero-order valence-electron chi connectivity index (χ0n) is 11.7. The summed E-state index contributed by atoms with van der Waals surface area (Å²) < 4.78 is 0. The second kappa shape index (κ2) is 5.10. The summed E-state index contributed by atoms with van der Waals surface area (Å²) >= 11 is 0. The van der Waals surface area contributed by atoms with Gasteiger partial charge in [-0.2, -0.15) is 0 Å². The Morgan fingerprint density at radius 2 is 1.12 bits per heavy atom. The molecule has 2 rings (SSSR count). The fourth-order valence-corrected chi connectivity index (χ4v) is 4.84. The smallest absolute Gasteiger partial charge is 0.0334 e. The molecule has 2 atom stereocenters. The predicted octanol–water partition coefficient (Wildman–Crippen LogP) is 5.13. The van der Waals surface area contributed by atoms with Crippen molar-refractivity contribution < 1.29 is 0 Å². The molecule has 0 heteroatoms. The molecule has 2 saturated carbocycles. The van der Waals surface area contributed by atoms with Gasteiger partial charge in [-0.05, 0) is 61.2 Å². The monoisotopic (exact) mass is 222 g/mol. The normalized spacial score (nSPS) is 50.2. The molecule has 0 amide bonds. The van der Waals surface area contributed by atoms with Crippen molar-refractivity contribution in [1.82, 2.24) is 0 Å². The fourth-order valence-electron chi connectivity index (χ4n) is 4.84. The van der Waals surface area contributed by atoms with Crippen LogP contribution in [0.5, 0.6) is 0 Å². The first kappa shape index (κ1) is 12.5. The largest absolute Gasteiger partial charge is 0.0625 e. The first-order valence-electron chi connectivity index (χ1n) is 7.58. The van der Waals surface area contributed by atoms with E-state index in [1.165, 1.54) is 38.5 Å². The molecular formula is C16H30. The van der Waals surface area contributed by atoms with Crippen molar-refractivity contribution in [3.8, 4) is 0 Å². The van der Waals surface area contributed by atoms with Gasteiger partial charge in [0.2, 0.25) is 0 Å². The molecule has 0 bridgehead atoms. The molecule has 0 aromatic carbocycles. The molecule has 94 valence electrons. The molecule has 2 unspecified atom stereocenters. The molecule has 2 aliphatic carbocycles. The van der Waals surface area contributed by atoms with E-state index in [0.29, 0.717) is 0 Å². The Balaban J connectivity index is 1.97. The first-order valence-corrected chi connectivity index (χ1v) is 7.58. The summed E-state index contributed by atoms with van der Waals surface area (Å²) in [7, 11) is 0. The van der Waals surface area contributed by atoms with E-state index in [1.54, 1.807) is 0 Å². The fraction of sp³-hybridized carbons (Fsp3) is 1.00. The Labute approximate surface area is 102 Å². The van der Waals surface area contributed by atoms with Gasteiger partial charge in [0.15, 0.2) is 0 Å². The molecule has 0 aromatic heterocycles. The van der Waals surface area contributed by atoms with Crippen molar-refractivity contribution in [1.29, 1.82) is 0 Å². The lowest BCUT2D eigenvalue weighted by Gasteiger charge is -2.44. The molecule has 0 radical (unpaired) electrons. The van der Waals surface area contributed by atoms with Crippen LogP contribution in [0, 0.1) is 35.5 Å². The molecule has 0 saturated heterocycles. The maximum atomic E-state index is 2.52. The van der Waals surface area contributed by atoms with Crippen LogP contribution in [0.2, 0.25) is 0 Å². The second-order valence-electron chi connectivity index (χ2n) is 7.13. The lowest BCUT2D eigenvalue weighted by molar-refractivity contribution is 0.0555. The van der Waals surface area contributed by atoms with E-state index < -0.39 is 0 Å². The lowest BCUT2D eigenvalue weighted by atomic mass is 9.61. The van der Waals surface area contributed by atoms with Gasteiger partial charge in [0.05, 0.1) is 0 Å². The Hall–Kier alpha value is 0. The van der Waals surface area contributed by atoms with E-state index in [9.17, 15) is 0 Å². The highest BCUT2D eigenvalue weighted by Gasteiger charge is 2.37. The van der Waals surface area contributed by atoms with Gasteiger partial charge in [-0.1, -0.05) is 40.5 Å². The van der Waals surface area contributed by atoms with Crippen molar-refractivity contribution in [2.45, 2.75) is 66.2 Å². The van der Waals surface area contributed by atoms with E-state index in [-0.39, 0.29) is 0 Å². The van der Waals surface area contributed by atoms with Crippen LogP contribution in [0.1, 0.15) is 66.2 Å². The van der Waals surface area contributed by atoms with Gasteiger partial charge in [0.1, 0.15) is 0 Å². The summed E-state index contributed by atoms with van der Waals surface area (Å²) in [5, 5.41) is 0. The molecule has 16 heavy (non-hydrogen) atoms.